The van der Waals surface area contributed by atoms with Crippen molar-refractivity contribution in [3.63, 3.8) is 0 Å². The Morgan fingerprint density at radius 2 is 1.94 bits per heavy atom. The molecule has 0 amide bonds. The average Bonchev–Trinajstić information content (AvgIpc) is 2.27. The Labute approximate surface area is 111 Å². The van der Waals surface area contributed by atoms with Crippen LogP contribution in [0.15, 0.2) is 28.7 Å². The van der Waals surface area contributed by atoms with Gasteiger partial charge < -0.3 is 4.74 Å². The highest BCUT2D eigenvalue weighted by atomic mass is 79.9. The van der Waals surface area contributed by atoms with E-state index in [4.69, 9.17) is 16.3 Å². The van der Waals surface area contributed by atoms with Crippen molar-refractivity contribution in [3.05, 3.63) is 34.3 Å². The number of alkyl halides is 1. The number of halogens is 2. The number of rotatable bonds is 7. The molecule has 0 aliphatic heterocycles. The maximum Gasteiger partial charge on any atom is 0.0716 e. The van der Waals surface area contributed by atoms with E-state index < -0.39 is 0 Å². The zero-order valence-electron chi connectivity index (χ0n) is 9.59. The van der Waals surface area contributed by atoms with Crippen molar-refractivity contribution in [1.82, 2.24) is 0 Å². The van der Waals surface area contributed by atoms with Gasteiger partial charge in [0.2, 0.25) is 0 Å². The summed E-state index contributed by atoms with van der Waals surface area (Å²) in [5.74, 6) is 1.40. The lowest BCUT2D eigenvalue weighted by Crippen LogP contribution is -2.02. The highest BCUT2D eigenvalue weighted by molar-refractivity contribution is 9.10. The second-order valence-corrected chi connectivity index (χ2v) is 5.34. The zero-order chi connectivity index (χ0) is 11.8. The van der Waals surface area contributed by atoms with Crippen molar-refractivity contribution in [1.29, 1.82) is 0 Å². The van der Waals surface area contributed by atoms with Gasteiger partial charge in [0.1, 0.15) is 0 Å². The van der Waals surface area contributed by atoms with Crippen LogP contribution in [0.25, 0.3) is 0 Å². The minimum atomic E-state index is 0.655. The van der Waals surface area contributed by atoms with Crippen LogP contribution in [0.1, 0.15) is 25.3 Å². The molecule has 0 spiro atoms. The second-order valence-electron chi connectivity index (χ2n) is 4.05. The number of benzene rings is 1. The van der Waals surface area contributed by atoms with E-state index in [1.54, 1.807) is 0 Å². The smallest absolute Gasteiger partial charge is 0.0716 e. The molecule has 1 rings (SSSR count). The Kier molecular flexibility index (Phi) is 7.10. The third kappa shape index (κ3) is 5.88. The van der Waals surface area contributed by atoms with Gasteiger partial charge >= 0.3 is 0 Å². The summed E-state index contributed by atoms with van der Waals surface area (Å²) < 4.78 is 6.72. The Morgan fingerprint density at radius 3 is 2.56 bits per heavy atom. The zero-order valence-corrected chi connectivity index (χ0v) is 11.9. The normalized spacial score (nSPS) is 12.7. The molecule has 0 saturated heterocycles. The van der Waals surface area contributed by atoms with Gasteiger partial charge in [0.25, 0.3) is 0 Å². The first-order valence-electron chi connectivity index (χ1n) is 5.60. The van der Waals surface area contributed by atoms with E-state index in [0.29, 0.717) is 12.5 Å². The molecule has 16 heavy (non-hydrogen) atoms. The molecule has 0 fully saturated rings. The molecule has 90 valence electrons. The molecule has 0 N–H and O–H groups in total. The van der Waals surface area contributed by atoms with Gasteiger partial charge in [0.15, 0.2) is 0 Å². The van der Waals surface area contributed by atoms with Gasteiger partial charge in [-0.25, -0.2) is 0 Å². The fourth-order valence-electron chi connectivity index (χ4n) is 1.39. The third-order valence-electron chi connectivity index (χ3n) is 2.54. The van der Waals surface area contributed by atoms with Crippen molar-refractivity contribution in [2.24, 2.45) is 5.92 Å². The van der Waals surface area contributed by atoms with E-state index in [-0.39, 0.29) is 0 Å². The molecule has 3 heteroatoms. The molecule has 0 aliphatic rings. The molecule has 1 nitrogen and oxygen atoms in total. The SMILES string of the molecule is CC(CCCl)CCOCc1ccc(Br)cc1. The van der Waals surface area contributed by atoms with E-state index in [2.05, 4.69) is 35.0 Å². The van der Waals surface area contributed by atoms with E-state index in [1.165, 1.54) is 5.56 Å². The molecule has 1 aromatic rings. The summed E-state index contributed by atoms with van der Waals surface area (Å²) in [6.45, 7) is 3.72. The number of ether oxygens (including phenoxy) is 1. The average molecular weight is 306 g/mol. The Hall–Kier alpha value is -0.0500. The minimum absolute atomic E-state index is 0.655. The molecule has 1 atom stereocenters. The van der Waals surface area contributed by atoms with Crippen LogP contribution < -0.4 is 0 Å². The van der Waals surface area contributed by atoms with Gasteiger partial charge in [-0.2, -0.15) is 0 Å². The predicted octanol–water partition coefficient (Wildman–Crippen LogP) is 4.62. The minimum Gasteiger partial charge on any atom is -0.377 e. The lowest BCUT2D eigenvalue weighted by molar-refractivity contribution is 0.108. The van der Waals surface area contributed by atoms with Gasteiger partial charge in [0, 0.05) is 17.0 Å². The lowest BCUT2D eigenvalue weighted by atomic mass is 10.1. The third-order valence-corrected chi connectivity index (χ3v) is 3.29. The number of hydrogen-bond donors (Lipinski definition) is 0. The van der Waals surface area contributed by atoms with Gasteiger partial charge in [-0.3, -0.25) is 0 Å². The molecule has 0 heterocycles. The number of hydrogen-bond acceptors (Lipinski definition) is 1. The monoisotopic (exact) mass is 304 g/mol. The highest BCUT2D eigenvalue weighted by Gasteiger charge is 2.01. The Balaban J connectivity index is 2.13. The van der Waals surface area contributed by atoms with Crippen LogP contribution in [0.3, 0.4) is 0 Å². The second kappa shape index (κ2) is 8.10. The standard InChI is InChI=1S/C13H18BrClO/c1-11(6-8-15)7-9-16-10-12-2-4-13(14)5-3-12/h2-5,11H,6-10H2,1H3. The summed E-state index contributed by atoms with van der Waals surface area (Å²) in [6, 6.07) is 8.22. The van der Waals surface area contributed by atoms with Crippen molar-refractivity contribution in [3.8, 4) is 0 Å². The molecule has 1 unspecified atom stereocenters. The Bertz CT molecular complexity index is 286. The van der Waals surface area contributed by atoms with Crippen molar-refractivity contribution in [2.45, 2.75) is 26.4 Å². The molecular weight excluding hydrogens is 287 g/mol. The molecule has 0 radical (unpaired) electrons. The molecule has 0 aromatic heterocycles. The van der Waals surface area contributed by atoms with Crippen LogP contribution in [-0.4, -0.2) is 12.5 Å². The van der Waals surface area contributed by atoms with Gasteiger partial charge in [-0.15, -0.1) is 11.6 Å². The van der Waals surface area contributed by atoms with Crippen molar-refractivity contribution in [2.75, 3.05) is 12.5 Å². The first-order valence-corrected chi connectivity index (χ1v) is 6.93. The van der Waals surface area contributed by atoms with Gasteiger partial charge in [0.05, 0.1) is 6.61 Å². The molecule has 1 aromatic carbocycles. The van der Waals surface area contributed by atoms with Crippen molar-refractivity contribution >= 4 is 27.5 Å². The van der Waals surface area contributed by atoms with E-state index in [0.717, 1.165) is 29.8 Å². The van der Waals surface area contributed by atoms with Crippen LogP contribution in [0, 0.1) is 5.92 Å². The summed E-state index contributed by atoms with van der Waals surface area (Å²) in [5.41, 5.74) is 1.22. The van der Waals surface area contributed by atoms with Crippen LogP contribution >= 0.6 is 27.5 Å². The summed E-state index contributed by atoms with van der Waals surface area (Å²) in [6.07, 6.45) is 2.16. The van der Waals surface area contributed by atoms with E-state index in [1.807, 2.05) is 12.1 Å². The first-order chi connectivity index (χ1) is 7.72. The molecular formula is C13H18BrClO. The van der Waals surface area contributed by atoms with Crippen LogP contribution in [-0.2, 0) is 11.3 Å². The summed E-state index contributed by atoms with van der Waals surface area (Å²) >= 11 is 9.08. The van der Waals surface area contributed by atoms with E-state index in [9.17, 15) is 0 Å². The van der Waals surface area contributed by atoms with Crippen LogP contribution in [0.4, 0.5) is 0 Å². The first kappa shape index (κ1) is 14.0. The van der Waals surface area contributed by atoms with Crippen molar-refractivity contribution < 1.29 is 4.74 Å². The van der Waals surface area contributed by atoms with E-state index >= 15 is 0 Å². The maximum atomic E-state index is 5.67. The lowest BCUT2D eigenvalue weighted by Gasteiger charge is -2.09. The molecule has 0 saturated carbocycles. The topological polar surface area (TPSA) is 9.23 Å². The highest BCUT2D eigenvalue weighted by Crippen LogP contribution is 2.12. The van der Waals surface area contributed by atoms with Gasteiger partial charge in [-0.1, -0.05) is 35.0 Å². The summed E-state index contributed by atoms with van der Waals surface area (Å²) in [7, 11) is 0. The Morgan fingerprint density at radius 1 is 1.25 bits per heavy atom. The quantitative estimate of drug-likeness (QED) is 0.527. The van der Waals surface area contributed by atoms with Crippen LogP contribution in [0.5, 0.6) is 0 Å². The van der Waals surface area contributed by atoms with Gasteiger partial charge in [-0.05, 0) is 36.5 Å². The maximum absolute atomic E-state index is 5.67. The van der Waals surface area contributed by atoms with Crippen LogP contribution in [0.2, 0.25) is 0 Å². The fraction of sp³-hybridized carbons (Fsp3) is 0.538. The summed E-state index contributed by atoms with van der Waals surface area (Å²) in [4.78, 5) is 0. The molecule has 0 aliphatic carbocycles. The predicted molar refractivity (Wildman–Crippen MR) is 72.9 cm³/mol. The largest absolute Gasteiger partial charge is 0.377 e. The fourth-order valence-corrected chi connectivity index (χ4v) is 2.02. The molecule has 0 bridgehead atoms. The summed E-state index contributed by atoms with van der Waals surface area (Å²) in [5, 5.41) is 0.